The third-order valence-corrected chi connectivity index (χ3v) is 4.92. The Morgan fingerprint density at radius 1 is 1.35 bits per heavy atom. The average molecular weight is 334 g/mol. The van der Waals surface area contributed by atoms with Crippen LogP contribution in [0.4, 0.5) is 0 Å². The molecule has 1 aromatic rings. The summed E-state index contributed by atoms with van der Waals surface area (Å²) in [5.74, 6) is -0.877. The summed E-state index contributed by atoms with van der Waals surface area (Å²) in [5.41, 5.74) is -0.742. The molecule has 108 valence electrons. The number of carbonyl (C=O) groups is 2. The Kier molecular flexibility index (Phi) is 4.83. The minimum absolute atomic E-state index is 0.176. The summed E-state index contributed by atoms with van der Waals surface area (Å²) in [6.07, 6.45) is 1.24. The van der Waals surface area contributed by atoms with Gasteiger partial charge < -0.3 is 10.4 Å². The van der Waals surface area contributed by atoms with Crippen LogP contribution in [0.2, 0.25) is 10.0 Å². The van der Waals surface area contributed by atoms with Gasteiger partial charge in [-0.25, -0.2) is 0 Å². The first-order valence-electron chi connectivity index (χ1n) is 6.01. The summed E-state index contributed by atoms with van der Waals surface area (Å²) in [7, 11) is 0. The van der Waals surface area contributed by atoms with Crippen molar-refractivity contribution in [1.29, 1.82) is 0 Å². The summed E-state index contributed by atoms with van der Waals surface area (Å²) in [5, 5.41) is 12.8. The van der Waals surface area contributed by atoms with Gasteiger partial charge >= 0.3 is 5.97 Å². The predicted molar refractivity (Wildman–Crippen MR) is 79.5 cm³/mol. The van der Waals surface area contributed by atoms with Gasteiger partial charge in [-0.15, -0.1) is 11.8 Å². The highest BCUT2D eigenvalue weighted by molar-refractivity contribution is 8.00. The molecule has 1 aliphatic carbocycles. The van der Waals surface area contributed by atoms with Gasteiger partial charge in [-0.05, 0) is 31.0 Å². The average Bonchev–Trinajstić information content (AvgIpc) is 3.18. The molecule has 2 rings (SSSR count). The number of halogens is 2. The molecule has 0 atom stereocenters. The number of aliphatic carboxylic acids is 1. The van der Waals surface area contributed by atoms with Crippen molar-refractivity contribution in [3.63, 3.8) is 0 Å². The molecule has 1 aromatic carbocycles. The summed E-state index contributed by atoms with van der Waals surface area (Å²) in [6, 6.07) is 5.05. The van der Waals surface area contributed by atoms with Crippen molar-refractivity contribution >= 4 is 46.8 Å². The first-order chi connectivity index (χ1) is 9.43. The molecular formula is C13H13Cl2NO3S. The highest BCUT2D eigenvalue weighted by atomic mass is 35.5. The molecule has 7 heteroatoms. The molecule has 0 heterocycles. The maximum absolute atomic E-state index is 11.7. The van der Waals surface area contributed by atoms with Gasteiger partial charge in [0.1, 0.15) is 0 Å². The van der Waals surface area contributed by atoms with Gasteiger partial charge in [0.25, 0.3) is 0 Å². The van der Waals surface area contributed by atoms with Crippen molar-refractivity contribution < 1.29 is 14.7 Å². The standard InChI is InChI=1S/C13H13Cl2NO3S/c14-8-1-2-9(15)10(5-8)20-6-11(17)16-7-13(3-4-13)12(18)19/h1-2,5H,3-4,6-7H2,(H,16,17)(H,18,19). The van der Waals surface area contributed by atoms with Crippen LogP contribution in [-0.4, -0.2) is 29.3 Å². The number of nitrogens with one attached hydrogen (secondary N) is 1. The Labute approximate surface area is 130 Å². The third kappa shape index (κ3) is 3.81. The van der Waals surface area contributed by atoms with E-state index in [2.05, 4.69) is 5.32 Å². The number of carbonyl (C=O) groups excluding carboxylic acids is 1. The number of amides is 1. The summed E-state index contributed by atoms with van der Waals surface area (Å²) < 4.78 is 0. The zero-order chi connectivity index (χ0) is 14.8. The number of hydrogen-bond donors (Lipinski definition) is 2. The lowest BCUT2D eigenvalue weighted by atomic mass is 10.1. The van der Waals surface area contributed by atoms with Gasteiger partial charge in [0.05, 0.1) is 16.2 Å². The lowest BCUT2D eigenvalue weighted by Crippen LogP contribution is -2.35. The number of carboxylic acids is 1. The Balaban J connectivity index is 1.81. The van der Waals surface area contributed by atoms with Crippen LogP contribution in [-0.2, 0) is 9.59 Å². The van der Waals surface area contributed by atoms with Gasteiger partial charge in [-0.3, -0.25) is 9.59 Å². The van der Waals surface area contributed by atoms with Gasteiger partial charge in [0.2, 0.25) is 5.91 Å². The molecular weight excluding hydrogens is 321 g/mol. The van der Waals surface area contributed by atoms with Gasteiger partial charge in [0, 0.05) is 16.5 Å². The van der Waals surface area contributed by atoms with E-state index in [4.69, 9.17) is 28.3 Å². The van der Waals surface area contributed by atoms with Gasteiger partial charge in [-0.2, -0.15) is 0 Å². The monoisotopic (exact) mass is 333 g/mol. The molecule has 4 nitrogen and oxygen atoms in total. The van der Waals surface area contributed by atoms with Crippen LogP contribution < -0.4 is 5.32 Å². The second-order valence-electron chi connectivity index (χ2n) is 4.73. The molecule has 20 heavy (non-hydrogen) atoms. The number of rotatable bonds is 6. The normalized spacial score (nSPS) is 15.7. The van der Waals surface area contributed by atoms with Crippen LogP contribution >= 0.6 is 35.0 Å². The fraction of sp³-hybridized carbons (Fsp3) is 0.385. The molecule has 1 fully saturated rings. The molecule has 2 N–H and O–H groups in total. The number of thioether (sulfide) groups is 1. The van der Waals surface area contributed by atoms with Crippen molar-refractivity contribution in [2.75, 3.05) is 12.3 Å². The second kappa shape index (κ2) is 6.24. The van der Waals surface area contributed by atoms with Gasteiger partial charge in [0.15, 0.2) is 0 Å². The summed E-state index contributed by atoms with van der Waals surface area (Å²) in [4.78, 5) is 23.4. The third-order valence-electron chi connectivity index (χ3n) is 3.18. The van der Waals surface area contributed by atoms with Crippen molar-refractivity contribution in [1.82, 2.24) is 5.32 Å². The topological polar surface area (TPSA) is 66.4 Å². The minimum Gasteiger partial charge on any atom is -0.481 e. The van der Waals surface area contributed by atoms with E-state index in [1.807, 2.05) is 0 Å². The summed E-state index contributed by atoms with van der Waals surface area (Å²) in [6.45, 7) is 0.186. The lowest BCUT2D eigenvalue weighted by molar-refractivity contribution is -0.143. The Morgan fingerprint density at radius 3 is 2.65 bits per heavy atom. The Bertz CT molecular complexity index is 546. The van der Waals surface area contributed by atoms with E-state index < -0.39 is 11.4 Å². The van der Waals surface area contributed by atoms with E-state index in [0.717, 1.165) is 4.90 Å². The predicted octanol–water partition coefficient (Wildman–Crippen LogP) is 3.07. The largest absolute Gasteiger partial charge is 0.481 e. The molecule has 0 unspecified atom stereocenters. The SMILES string of the molecule is O=C(CSc1cc(Cl)ccc1Cl)NCC1(C(=O)O)CC1. The maximum atomic E-state index is 11.7. The van der Waals surface area contributed by atoms with E-state index in [0.29, 0.717) is 22.9 Å². The van der Waals surface area contributed by atoms with Gasteiger partial charge in [-0.1, -0.05) is 23.2 Å². The van der Waals surface area contributed by atoms with Crippen LogP contribution in [0.15, 0.2) is 23.1 Å². The minimum atomic E-state index is -0.844. The van der Waals surface area contributed by atoms with E-state index >= 15 is 0 Å². The zero-order valence-electron chi connectivity index (χ0n) is 10.5. The fourth-order valence-electron chi connectivity index (χ4n) is 1.67. The molecule has 0 aliphatic heterocycles. The van der Waals surface area contributed by atoms with E-state index in [1.54, 1.807) is 18.2 Å². The van der Waals surface area contributed by atoms with E-state index in [-0.39, 0.29) is 18.2 Å². The Hall–Kier alpha value is -0.910. The number of hydrogen-bond acceptors (Lipinski definition) is 3. The number of carboxylic acid groups (broad SMARTS) is 1. The van der Waals surface area contributed by atoms with Crippen LogP contribution in [0.1, 0.15) is 12.8 Å². The quantitative estimate of drug-likeness (QED) is 0.785. The van der Waals surface area contributed by atoms with Crippen molar-refractivity contribution in [2.24, 2.45) is 5.41 Å². The van der Waals surface area contributed by atoms with Crippen LogP contribution in [0.25, 0.3) is 0 Å². The smallest absolute Gasteiger partial charge is 0.311 e. The molecule has 0 radical (unpaired) electrons. The highest BCUT2D eigenvalue weighted by Gasteiger charge is 2.50. The molecule has 1 saturated carbocycles. The van der Waals surface area contributed by atoms with Crippen molar-refractivity contribution in [3.05, 3.63) is 28.2 Å². The lowest BCUT2D eigenvalue weighted by Gasteiger charge is -2.11. The first kappa shape index (κ1) is 15.5. The van der Waals surface area contributed by atoms with E-state index in [1.165, 1.54) is 11.8 Å². The zero-order valence-corrected chi connectivity index (χ0v) is 12.8. The molecule has 0 bridgehead atoms. The molecule has 1 aliphatic rings. The highest BCUT2D eigenvalue weighted by Crippen LogP contribution is 2.45. The van der Waals surface area contributed by atoms with Crippen molar-refractivity contribution in [3.8, 4) is 0 Å². The van der Waals surface area contributed by atoms with E-state index in [9.17, 15) is 9.59 Å². The Morgan fingerprint density at radius 2 is 2.05 bits per heavy atom. The van der Waals surface area contributed by atoms with Crippen LogP contribution in [0.5, 0.6) is 0 Å². The molecule has 0 aromatic heterocycles. The second-order valence-corrected chi connectivity index (χ2v) is 6.59. The van der Waals surface area contributed by atoms with Crippen molar-refractivity contribution in [2.45, 2.75) is 17.7 Å². The fourth-order valence-corrected chi connectivity index (χ4v) is 2.99. The maximum Gasteiger partial charge on any atom is 0.311 e. The summed E-state index contributed by atoms with van der Waals surface area (Å²) >= 11 is 13.1. The molecule has 0 spiro atoms. The number of benzene rings is 1. The van der Waals surface area contributed by atoms with Crippen LogP contribution in [0.3, 0.4) is 0 Å². The first-order valence-corrected chi connectivity index (χ1v) is 7.75. The molecule has 1 amide bonds. The van der Waals surface area contributed by atoms with Crippen LogP contribution in [0, 0.1) is 5.41 Å². The molecule has 0 saturated heterocycles.